The number of thiophene rings is 1. The fraction of sp³-hybridized carbons (Fsp3) is 0.357. The molecule has 21 heavy (non-hydrogen) atoms. The summed E-state index contributed by atoms with van der Waals surface area (Å²) in [5.74, 6) is -1.84. The van der Waals surface area contributed by atoms with Crippen LogP contribution < -0.4 is 11.1 Å². The van der Waals surface area contributed by atoms with Crippen LogP contribution >= 0.6 is 11.3 Å². The fourth-order valence-corrected chi connectivity index (χ4v) is 3.82. The van der Waals surface area contributed by atoms with E-state index in [-0.39, 0.29) is 0 Å². The van der Waals surface area contributed by atoms with E-state index in [9.17, 15) is 14.4 Å². The lowest BCUT2D eigenvalue weighted by Crippen LogP contribution is -2.18. The molecule has 0 spiro atoms. The molecule has 0 fully saturated rings. The topological polar surface area (TPSA) is 109 Å². The third-order valence-corrected chi connectivity index (χ3v) is 4.54. The van der Waals surface area contributed by atoms with Gasteiger partial charge < -0.3 is 16.2 Å². The van der Waals surface area contributed by atoms with Crippen LogP contribution in [0.3, 0.4) is 0 Å². The zero-order chi connectivity index (χ0) is 15.6. The number of carboxylic acid groups (broad SMARTS) is 1. The quantitative estimate of drug-likeness (QED) is 0.733. The predicted octanol–water partition coefficient (Wildman–Crippen LogP) is 1.55. The van der Waals surface area contributed by atoms with Crippen LogP contribution in [0.1, 0.15) is 34.1 Å². The van der Waals surface area contributed by atoms with Gasteiger partial charge in [-0.3, -0.25) is 9.59 Å². The molecular formula is C14H16N2O4S. The summed E-state index contributed by atoms with van der Waals surface area (Å²) in [7, 11) is 0. The Kier molecular flexibility index (Phi) is 4.42. The van der Waals surface area contributed by atoms with E-state index in [2.05, 4.69) is 12.2 Å². The van der Waals surface area contributed by atoms with Gasteiger partial charge in [-0.15, -0.1) is 11.3 Å². The highest BCUT2D eigenvalue weighted by molar-refractivity contribution is 7.17. The van der Waals surface area contributed by atoms with Gasteiger partial charge in [0, 0.05) is 17.0 Å². The molecule has 2 rings (SSSR count). The zero-order valence-electron chi connectivity index (χ0n) is 11.5. The molecule has 1 aliphatic rings. The summed E-state index contributed by atoms with van der Waals surface area (Å²) in [6, 6.07) is 0. The average molecular weight is 308 g/mol. The maximum atomic E-state index is 11.7. The van der Waals surface area contributed by atoms with Gasteiger partial charge in [0.05, 0.1) is 5.56 Å². The molecule has 0 aliphatic heterocycles. The minimum Gasteiger partial charge on any atom is -0.478 e. The van der Waals surface area contributed by atoms with E-state index in [0.29, 0.717) is 16.5 Å². The number of hydrogen-bond donors (Lipinski definition) is 3. The summed E-state index contributed by atoms with van der Waals surface area (Å²) in [5.41, 5.74) is 6.70. The predicted molar refractivity (Wildman–Crippen MR) is 79.4 cm³/mol. The second-order valence-corrected chi connectivity index (χ2v) is 6.19. The Balaban J connectivity index is 2.29. The first-order chi connectivity index (χ1) is 9.88. The normalized spacial score (nSPS) is 17.5. The number of rotatable bonds is 4. The first kappa shape index (κ1) is 15.2. The molecule has 1 aromatic rings. The summed E-state index contributed by atoms with van der Waals surface area (Å²) in [6.07, 6.45) is 4.27. The molecule has 0 bridgehead atoms. The van der Waals surface area contributed by atoms with Crippen molar-refractivity contribution in [1.29, 1.82) is 0 Å². The molecule has 0 saturated heterocycles. The third-order valence-electron chi connectivity index (χ3n) is 3.37. The molecule has 0 radical (unpaired) electrons. The van der Waals surface area contributed by atoms with Gasteiger partial charge in [-0.25, -0.2) is 4.79 Å². The van der Waals surface area contributed by atoms with E-state index in [1.165, 1.54) is 11.3 Å². The van der Waals surface area contributed by atoms with Gasteiger partial charge in [-0.05, 0) is 30.7 Å². The van der Waals surface area contributed by atoms with Crippen molar-refractivity contribution < 1.29 is 19.5 Å². The Morgan fingerprint density at radius 2 is 2.10 bits per heavy atom. The van der Waals surface area contributed by atoms with Crippen molar-refractivity contribution >= 4 is 34.1 Å². The maximum absolute atomic E-state index is 11.7. The lowest BCUT2D eigenvalue weighted by Gasteiger charge is -2.18. The summed E-state index contributed by atoms with van der Waals surface area (Å²) in [4.78, 5) is 34.8. The number of carbonyl (C=O) groups is 3. The third kappa shape index (κ3) is 3.49. The second kappa shape index (κ2) is 6.09. The van der Waals surface area contributed by atoms with E-state index in [0.717, 1.165) is 41.9 Å². The van der Waals surface area contributed by atoms with Crippen LogP contribution in [-0.2, 0) is 22.4 Å². The van der Waals surface area contributed by atoms with Crippen molar-refractivity contribution in [3.63, 3.8) is 0 Å². The van der Waals surface area contributed by atoms with Crippen LogP contribution in [0.2, 0.25) is 0 Å². The molecule has 7 heteroatoms. The molecule has 112 valence electrons. The number of anilines is 1. The van der Waals surface area contributed by atoms with Crippen LogP contribution in [0.15, 0.2) is 12.2 Å². The minimum atomic E-state index is -1.21. The first-order valence-corrected chi connectivity index (χ1v) is 7.36. The van der Waals surface area contributed by atoms with Gasteiger partial charge >= 0.3 is 5.97 Å². The molecule has 0 aromatic carbocycles. The Morgan fingerprint density at radius 1 is 1.38 bits per heavy atom. The first-order valence-electron chi connectivity index (χ1n) is 6.54. The summed E-state index contributed by atoms with van der Waals surface area (Å²) >= 11 is 1.34. The number of nitrogens with one attached hydrogen (secondary N) is 1. The van der Waals surface area contributed by atoms with E-state index >= 15 is 0 Å². The van der Waals surface area contributed by atoms with Gasteiger partial charge in [0.1, 0.15) is 5.00 Å². The van der Waals surface area contributed by atoms with Crippen molar-refractivity contribution in [3.05, 3.63) is 28.2 Å². The van der Waals surface area contributed by atoms with E-state index in [1.807, 2.05) is 0 Å². The van der Waals surface area contributed by atoms with Crippen molar-refractivity contribution in [1.82, 2.24) is 0 Å². The zero-order valence-corrected chi connectivity index (χ0v) is 12.3. The molecule has 1 atom stereocenters. The molecule has 1 aliphatic carbocycles. The number of carboxylic acids is 1. The molecule has 6 nitrogen and oxygen atoms in total. The number of carbonyl (C=O) groups excluding carboxylic acids is 2. The Hall–Kier alpha value is -2.15. The van der Waals surface area contributed by atoms with Crippen molar-refractivity contribution in [2.45, 2.75) is 26.2 Å². The highest BCUT2D eigenvalue weighted by Crippen LogP contribution is 2.39. The van der Waals surface area contributed by atoms with Crippen molar-refractivity contribution in [2.75, 3.05) is 5.32 Å². The number of aliphatic carboxylic acids is 1. The molecule has 0 unspecified atom stereocenters. The van der Waals surface area contributed by atoms with Gasteiger partial charge in [0.2, 0.25) is 5.91 Å². The molecular weight excluding hydrogens is 292 g/mol. The largest absolute Gasteiger partial charge is 0.478 e. The van der Waals surface area contributed by atoms with E-state index in [1.54, 1.807) is 0 Å². The Morgan fingerprint density at radius 3 is 2.71 bits per heavy atom. The lowest BCUT2D eigenvalue weighted by molar-refractivity contribution is -0.131. The highest BCUT2D eigenvalue weighted by atomic mass is 32.1. The molecule has 2 amide bonds. The number of primary amides is 1. The lowest BCUT2D eigenvalue weighted by atomic mass is 9.88. The smallest absolute Gasteiger partial charge is 0.328 e. The maximum Gasteiger partial charge on any atom is 0.328 e. The van der Waals surface area contributed by atoms with Crippen molar-refractivity contribution in [3.8, 4) is 0 Å². The molecule has 1 aromatic heterocycles. The summed E-state index contributed by atoms with van der Waals surface area (Å²) in [5, 5.41) is 11.4. The van der Waals surface area contributed by atoms with Gasteiger partial charge in [0.15, 0.2) is 0 Å². The van der Waals surface area contributed by atoms with Crippen LogP contribution in [0.25, 0.3) is 0 Å². The summed E-state index contributed by atoms with van der Waals surface area (Å²) < 4.78 is 0. The van der Waals surface area contributed by atoms with Crippen LogP contribution in [0, 0.1) is 5.92 Å². The van der Waals surface area contributed by atoms with E-state index < -0.39 is 17.8 Å². The fourth-order valence-electron chi connectivity index (χ4n) is 2.40. The van der Waals surface area contributed by atoms with Crippen LogP contribution in [-0.4, -0.2) is 22.9 Å². The molecule has 1 heterocycles. The van der Waals surface area contributed by atoms with Gasteiger partial charge in [-0.2, -0.15) is 0 Å². The van der Waals surface area contributed by atoms with Crippen LogP contribution in [0.5, 0.6) is 0 Å². The second-order valence-electron chi connectivity index (χ2n) is 5.08. The van der Waals surface area contributed by atoms with Crippen molar-refractivity contribution in [2.24, 2.45) is 11.7 Å². The molecule has 4 N–H and O–H groups in total. The number of amides is 2. The van der Waals surface area contributed by atoms with Crippen LogP contribution in [0.4, 0.5) is 5.00 Å². The summed E-state index contributed by atoms with van der Waals surface area (Å²) in [6.45, 7) is 2.14. The molecule has 0 saturated carbocycles. The number of fused-ring (bicyclic) bond motifs is 1. The average Bonchev–Trinajstić information content (AvgIpc) is 2.73. The minimum absolute atomic E-state index is 0.360. The number of nitrogens with two attached hydrogens (primary N) is 1. The standard InChI is InChI=1S/C14H16N2O4S/c1-7-2-3-8-9(6-7)21-14(12(8)13(15)20)16-10(17)4-5-11(18)19/h4-5,7H,2-3,6H2,1H3,(H2,15,20)(H,16,17)(H,18,19)/b5-4+/t7-/m1/s1. The Bertz CT molecular complexity index is 633. The van der Waals surface area contributed by atoms with Gasteiger partial charge in [0.25, 0.3) is 5.91 Å². The highest BCUT2D eigenvalue weighted by Gasteiger charge is 2.26. The van der Waals surface area contributed by atoms with Gasteiger partial charge in [-0.1, -0.05) is 6.92 Å². The number of hydrogen-bond acceptors (Lipinski definition) is 4. The monoisotopic (exact) mass is 308 g/mol. The van der Waals surface area contributed by atoms with E-state index in [4.69, 9.17) is 10.8 Å². The SMILES string of the molecule is C[C@@H]1CCc2c(sc(NC(=O)/C=C/C(=O)O)c2C(N)=O)C1. The Labute approximate surface area is 125 Å².